The molecule has 1 heterocycles. The van der Waals surface area contributed by atoms with Crippen molar-refractivity contribution in [2.75, 3.05) is 0 Å². The van der Waals surface area contributed by atoms with Crippen LogP contribution in [0.3, 0.4) is 0 Å². The van der Waals surface area contributed by atoms with Crippen molar-refractivity contribution in [2.45, 2.75) is 57.4 Å². The Labute approximate surface area is 160 Å². The quantitative estimate of drug-likeness (QED) is 0.748. The van der Waals surface area contributed by atoms with E-state index in [0.717, 1.165) is 24.8 Å². The molecule has 3 atom stereocenters. The Morgan fingerprint density at radius 1 is 1.19 bits per heavy atom. The lowest BCUT2D eigenvalue weighted by Crippen LogP contribution is -2.43. The Morgan fingerprint density at radius 3 is 2.67 bits per heavy atom. The lowest BCUT2D eigenvalue weighted by atomic mass is 10.00. The second kappa shape index (κ2) is 8.91. The average Bonchev–Trinajstić information content (AvgIpc) is 3.11. The zero-order chi connectivity index (χ0) is 19.2. The normalized spacial score (nSPS) is 20.4. The van der Waals surface area contributed by atoms with Crippen molar-refractivity contribution in [3.63, 3.8) is 0 Å². The van der Waals surface area contributed by atoms with E-state index < -0.39 is 18.2 Å². The van der Waals surface area contributed by atoms with Gasteiger partial charge in [0.15, 0.2) is 0 Å². The van der Waals surface area contributed by atoms with Gasteiger partial charge >= 0.3 is 6.09 Å². The number of carbonyl (C=O) groups is 1. The first kappa shape index (κ1) is 19.2. The molecule has 0 aliphatic carbocycles. The van der Waals surface area contributed by atoms with Crippen LogP contribution >= 0.6 is 0 Å². The maximum absolute atomic E-state index is 11.7. The van der Waals surface area contributed by atoms with E-state index >= 15 is 0 Å². The largest absolute Gasteiger partial charge is 0.489 e. The summed E-state index contributed by atoms with van der Waals surface area (Å²) in [7, 11) is 0. The van der Waals surface area contributed by atoms with Crippen LogP contribution in [-0.2, 0) is 6.61 Å². The molecule has 3 rings (SSSR count). The minimum absolute atomic E-state index is 0.00957. The third-order valence-electron chi connectivity index (χ3n) is 5.20. The second-order valence-electron chi connectivity index (χ2n) is 7.07. The van der Waals surface area contributed by atoms with Gasteiger partial charge in [-0.1, -0.05) is 55.8 Å². The molecule has 1 amide bonds. The van der Waals surface area contributed by atoms with Crippen LogP contribution in [0.2, 0.25) is 0 Å². The van der Waals surface area contributed by atoms with Crippen molar-refractivity contribution in [2.24, 2.45) is 0 Å². The molecule has 2 aromatic carbocycles. The van der Waals surface area contributed by atoms with Crippen LogP contribution in [-0.4, -0.2) is 33.3 Å². The van der Waals surface area contributed by atoms with E-state index in [1.54, 1.807) is 6.07 Å². The van der Waals surface area contributed by atoms with Crippen LogP contribution in [0.25, 0.3) is 0 Å². The molecule has 0 bridgehead atoms. The van der Waals surface area contributed by atoms with Crippen molar-refractivity contribution in [3.05, 3.63) is 65.7 Å². The first-order valence-electron chi connectivity index (χ1n) is 9.56. The highest BCUT2D eigenvalue weighted by molar-refractivity contribution is 5.66. The third-order valence-corrected chi connectivity index (χ3v) is 5.20. The Morgan fingerprint density at radius 2 is 1.96 bits per heavy atom. The summed E-state index contributed by atoms with van der Waals surface area (Å²) >= 11 is 0. The van der Waals surface area contributed by atoms with Crippen LogP contribution in [0.1, 0.15) is 49.8 Å². The lowest BCUT2D eigenvalue weighted by Gasteiger charge is -2.30. The van der Waals surface area contributed by atoms with Crippen LogP contribution in [0.4, 0.5) is 4.79 Å². The zero-order valence-electron chi connectivity index (χ0n) is 15.6. The van der Waals surface area contributed by atoms with Gasteiger partial charge in [-0.2, -0.15) is 0 Å². The van der Waals surface area contributed by atoms with E-state index in [0.29, 0.717) is 24.3 Å². The molecule has 0 aromatic heterocycles. The molecule has 27 heavy (non-hydrogen) atoms. The molecular formula is C22H27NO4. The average molecular weight is 369 g/mol. The van der Waals surface area contributed by atoms with Gasteiger partial charge in [0, 0.05) is 6.04 Å². The monoisotopic (exact) mass is 369 g/mol. The Bertz CT molecular complexity index is 749. The molecule has 144 valence electrons. The van der Waals surface area contributed by atoms with Crippen molar-refractivity contribution in [1.29, 1.82) is 0 Å². The van der Waals surface area contributed by atoms with Gasteiger partial charge < -0.3 is 14.9 Å². The number of carboxylic acid groups (broad SMARTS) is 1. The Kier molecular flexibility index (Phi) is 6.35. The smallest absolute Gasteiger partial charge is 0.407 e. The topological polar surface area (TPSA) is 70.0 Å². The maximum Gasteiger partial charge on any atom is 0.407 e. The number of hydrogen-bond donors (Lipinski definition) is 2. The number of ether oxygens (including phenoxy) is 1. The number of aliphatic hydroxyl groups excluding tert-OH is 1. The molecule has 1 saturated heterocycles. The molecule has 5 heteroatoms. The Balaban J connectivity index is 1.71. The maximum atomic E-state index is 11.7. The van der Waals surface area contributed by atoms with Crippen molar-refractivity contribution < 1.29 is 19.7 Å². The minimum atomic E-state index is -0.952. The summed E-state index contributed by atoms with van der Waals surface area (Å²) < 4.78 is 5.84. The fraction of sp³-hybridized carbons (Fsp3) is 0.409. The second-order valence-corrected chi connectivity index (χ2v) is 7.07. The first-order chi connectivity index (χ1) is 13.1. The molecule has 5 nitrogen and oxygen atoms in total. The summed E-state index contributed by atoms with van der Waals surface area (Å²) in [6.45, 7) is 2.50. The summed E-state index contributed by atoms with van der Waals surface area (Å²) in [4.78, 5) is 13.2. The van der Waals surface area contributed by atoms with E-state index in [9.17, 15) is 15.0 Å². The number of nitrogens with zero attached hydrogens (tertiary/aromatic N) is 1. The lowest BCUT2D eigenvalue weighted by molar-refractivity contribution is 0.0525. The summed E-state index contributed by atoms with van der Waals surface area (Å²) in [5.74, 6) is 0.667. The fourth-order valence-electron chi connectivity index (χ4n) is 3.89. The van der Waals surface area contributed by atoms with Gasteiger partial charge in [0.25, 0.3) is 0 Å². The molecule has 0 radical (unpaired) electrons. The zero-order valence-corrected chi connectivity index (χ0v) is 15.6. The van der Waals surface area contributed by atoms with E-state index in [1.807, 2.05) is 48.5 Å². The van der Waals surface area contributed by atoms with Gasteiger partial charge in [-0.25, -0.2) is 4.79 Å². The van der Waals surface area contributed by atoms with Crippen LogP contribution in [0.15, 0.2) is 54.6 Å². The molecule has 0 saturated carbocycles. The molecule has 0 unspecified atom stereocenters. The van der Waals surface area contributed by atoms with Crippen LogP contribution < -0.4 is 4.74 Å². The number of hydrogen-bond acceptors (Lipinski definition) is 3. The standard InChI is InChI=1S/C22H27NO4/c1-2-7-18-12-13-20(23(18)22(25)26)21(24)17-10-6-11-19(14-17)27-15-16-8-4-3-5-9-16/h3-6,8-11,14,18,20-21,24H,2,7,12-13,15H2,1H3,(H,25,26)/t18-,20+,21+/m0/s1. The third kappa shape index (κ3) is 4.61. The number of aliphatic hydroxyl groups is 1. The highest BCUT2D eigenvalue weighted by Gasteiger charge is 2.40. The van der Waals surface area contributed by atoms with E-state index in [4.69, 9.17) is 4.74 Å². The van der Waals surface area contributed by atoms with Crippen molar-refractivity contribution >= 4 is 6.09 Å². The van der Waals surface area contributed by atoms with Gasteiger partial charge in [-0.3, -0.25) is 4.90 Å². The molecule has 1 aliphatic rings. The molecule has 0 spiro atoms. The van der Waals surface area contributed by atoms with E-state index in [1.165, 1.54) is 4.90 Å². The van der Waals surface area contributed by atoms with Gasteiger partial charge in [0.05, 0.1) is 12.1 Å². The van der Waals surface area contributed by atoms with Crippen molar-refractivity contribution in [1.82, 2.24) is 4.90 Å². The van der Waals surface area contributed by atoms with E-state index in [2.05, 4.69) is 6.92 Å². The van der Waals surface area contributed by atoms with Crippen molar-refractivity contribution in [3.8, 4) is 5.75 Å². The predicted octanol–water partition coefficient (Wildman–Crippen LogP) is 4.61. The molecular weight excluding hydrogens is 342 g/mol. The van der Waals surface area contributed by atoms with Crippen LogP contribution in [0, 0.1) is 0 Å². The number of rotatable bonds is 7. The predicted molar refractivity (Wildman–Crippen MR) is 104 cm³/mol. The van der Waals surface area contributed by atoms with E-state index in [-0.39, 0.29) is 6.04 Å². The molecule has 1 aliphatic heterocycles. The summed E-state index contributed by atoms with van der Waals surface area (Å²) in [5.41, 5.74) is 1.76. The summed E-state index contributed by atoms with van der Waals surface area (Å²) in [6.07, 6.45) is 1.42. The molecule has 1 fully saturated rings. The Hall–Kier alpha value is -2.53. The highest BCUT2D eigenvalue weighted by atomic mass is 16.5. The van der Waals surface area contributed by atoms with Gasteiger partial charge in [-0.15, -0.1) is 0 Å². The number of amides is 1. The SMILES string of the molecule is CCC[C@H]1CC[C@H]([C@H](O)c2cccc(OCc3ccccc3)c2)N1C(=O)O. The van der Waals surface area contributed by atoms with Crippen LogP contribution in [0.5, 0.6) is 5.75 Å². The van der Waals surface area contributed by atoms with Gasteiger partial charge in [-0.05, 0) is 42.5 Å². The summed E-state index contributed by atoms with van der Waals surface area (Å²) in [5, 5.41) is 20.5. The number of likely N-dealkylation sites (tertiary alicyclic amines) is 1. The molecule has 2 aromatic rings. The molecule has 2 N–H and O–H groups in total. The highest BCUT2D eigenvalue weighted by Crippen LogP contribution is 2.35. The minimum Gasteiger partial charge on any atom is -0.489 e. The number of benzene rings is 2. The van der Waals surface area contributed by atoms with Gasteiger partial charge in [0.1, 0.15) is 12.4 Å². The van der Waals surface area contributed by atoms with Gasteiger partial charge in [0.2, 0.25) is 0 Å². The fourth-order valence-corrected chi connectivity index (χ4v) is 3.89. The first-order valence-corrected chi connectivity index (χ1v) is 9.56. The summed E-state index contributed by atoms with van der Waals surface area (Å²) in [6, 6.07) is 16.8.